The van der Waals surface area contributed by atoms with Crippen molar-refractivity contribution in [1.82, 2.24) is 5.32 Å². The number of rotatable bonds is 7. The molecule has 0 saturated carbocycles. The lowest BCUT2D eigenvalue weighted by atomic mass is 10.0. The number of carbonyl (C=O) groups excluding carboxylic acids is 1. The third-order valence-electron chi connectivity index (χ3n) is 2.93. The number of hydrogen-bond donors (Lipinski definition) is 2. The van der Waals surface area contributed by atoms with Crippen molar-refractivity contribution < 1.29 is 24.2 Å². The van der Waals surface area contributed by atoms with Gasteiger partial charge in [-0.25, -0.2) is 0 Å². The fraction of sp³-hybridized carbons (Fsp3) is 0.385. The lowest BCUT2D eigenvalue weighted by Gasteiger charge is -2.15. The van der Waals surface area contributed by atoms with E-state index in [9.17, 15) is 9.59 Å². The lowest BCUT2D eigenvalue weighted by molar-refractivity contribution is -0.137. The van der Waals surface area contributed by atoms with Gasteiger partial charge in [0, 0.05) is 12.5 Å². The highest BCUT2D eigenvalue weighted by Crippen LogP contribution is 2.32. The van der Waals surface area contributed by atoms with Crippen LogP contribution in [0.25, 0.3) is 0 Å². The molecule has 0 saturated heterocycles. The van der Waals surface area contributed by atoms with Crippen molar-refractivity contribution in [1.29, 1.82) is 0 Å². The lowest BCUT2D eigenvalue weighted by Crippen LogP contribution is -2.30. The zero-order chi connectivity index (χ0) is 13.7. The van der Waals surface area contributed by atoms with Gasteiger partial charge in [-0.2, -0.15) is 0 Å². The normalized spacial score (nSPS) is 13.9. The molecule has 6 heteroatoms. The van der Waals surface area contributed by atoms with Gasteiger partial charge in [-0.3, -0.25) is 9.59 Å². The minimum atomic E-state index is -0.872. The number of carboxylic acids is 1. The monoisotopic (exact) mass is 265 g/mol. The van der Waals surface area contributed by atoms with Crippen molar-refractivity contribution in [2.45, 2.75) is 25.3 Å². The van der Waals surface area contributed by atoms with Gasteiger partial charge in [-0.05, 0) is 30.5 Å². The smallest absolute Gasteiger partial charge is 0.303 e. The summed E-state index contributed by atoms with van der Waals surface area (Å²) in [5, 5.41) is 11.3. The molecular formula is C13H15NO5. The van der Waals surface area contributed by atoms with Crippen molar-refractivity contribution in [3.05, 3.63) is 23.8 Å². The number of carbonyl (C=O) groups is 2. The molecule has 6 nitrogen and oxygen atoms in total. The van der Waals surface area contributed by atoms with Crippen LogP contribution in [-0.2, 0) is 16.0 Å². The van der Waals surface area contributed by atoms with Gasteiger partial charge in [0.2, 0.25) is 13.2 Å². The quantitative estimate of drug-likeness (QED) is 0.717. The van der Waals surface area contributed by atoms with Crippen LogP contribution in [0.2, 0.25) is 0 Å². The van der Waals surface area contributed by atoms with Crippen LogP contribution in [0.15, 0.2) is 18.2 Å². The number of nitrogens with one attached hydrogen (secondary N) is 1. The van der Waals surface area contributed by atoms with Crippen molar-refractivity contribution in [2.75, 3.05) is 6.79 Å². The second-order valence-corrected chi connectivity index (χ2v) is 4.31. The highest BCUT2D eigenvalue weighted by molar-refractivity contribution is 5.66. The number of benzene rings is 1. The van der Waals surface area contributed by atoms with E-state index in [1.54, 1.807) is 0 Å². The molecule has 1 aromatic rings. The van der Waals surface area contributed by atoms with Crippen LogP contribution in [0.4, 0.5) is 0 Å². The fourth-order valence-electron chi connectivity index (χ4n) is 1.99. The first-order valence-electron chi connectivity index (χ1n) is 5.99. The summed E-state index contributed by atoms with van der Waals surface area (Å²) in [6.45, 7) is 0.216. The van der Waals surface area contributed by atoms with Crippen molar-refractivity contribution in [3.8, 4) is 11.5 Å². The molecule has 1 aliphatic heterocycles. The Morgan fingerprint density at radius 1 is 1.42 bits per heavy atom. The SMILES string of the molecule is O=CNC(CCC(=O)O)Cc1ccc2c(c1)OCO2. The summed E-state index contributed by atoms with van der Waals surface area (Å²) < 4.78 is 10.5. The summed E-state index contributed by atoms with van der Waals surface area (Å²) in [6, 6.07) is 5.34. The minimum Gasteiger partial charge on any atom is -0.481 e. The average Bonchev–Trinajstić information content (AvgIpc) is 2.83. The topological polar surface area (TPSA) is 84.9 Å². The fourth-order valence-corrected chi connectivity index (χ4v) is 1.99. The summed E-state index contributed by atoms with van der Waals surface area (Å²) in [7, 11) is 0. The number of aliphatic carboxylic acids is 1. The molecule has 0 fully saturated rings. The first kappa shape index (κ1) is 13.2. The van der Waals surface area contributed by atoms with E-state index in [4.69, 9.17) is 14.6 Å². The van der Waals surface area contributed by atoms with E-state index in [0.29, 0.717) is 30.8 Å². The van der Waals surface area contributed by atoms with Gasteiger partial charge in [-0.15, -0.1) is 0 Å². The predicted octanol–water partition coefficient (Wildman–Crippen LogP) is 0.937. The standard InChI is InChI=1S/C13H15NO5/c15-7-14-10(2-4-13(16)17)5-9-1-3-11-12(6-9)19-8-18-11/h1,3,6-7,10H,2,4-5,8H2,(H,14,15)(H,16,17). The summed E-state index contributed by atoms with van der Waals surface area (Å²) in [5.41, 5.74) is 0.967. The summed E-state index contributed by atoms with van der Waals surface area (Å²) in [5.74, 6) is 0.512. The number of amides is 1. The zero-order valence-electron chi connectivity index (χ0n) is 10.3. The second kappa shape index (κ2) is 6.08. The van der Waals surface area contributed by atoms with Crippen LogP contribution in [-0.4, -0.2) is 30.3 Å². The van der Waals surface area contributed by atoms with Crippen LogP contribution in [0.1, 0.15) is 18.4 Å². The maximum Gasteiger partial charge on any atom is 0.303 e. The second-order valence-electron chi connectivity index (χ2n) is 4.31. The highest BCUT2D eigenvalue weighted by Gasteiger charge is 2.16. The highest BCUT2D eigenvalue weighted by atomic mass is 16.7. The third kappa shape index (κ3) is 3.61. The summed E-state index contributed by atoms with van der Waals surface area (Å²) in [6.07, 6.45) is 1.57. The summed E-state index contributed by atoms with van der Waals surface area (Å²) in [4.78, 5) is 21.1. The van der Waals surface area contributed by atoms with Crippen LogP contribution >= 0.6 is 0 Å². The van der Waals surface area contributed by atoms with Crippen LogP contribution in [0, 0.1) is 0 Å². The number of ether oxygens (including phenoxy) is 2. The van der Waals surface area contributed by atoms with E-state index >= 15 is 0 Å². The van der Waals surface area contributed by atoms with E-state index in [1.807, 2.05) is 18.2 Å². The van der Waals surface area contributed by atoms with Crippen LogP contribution in [0.3, 0.4) is 0 Å². The molecule has 1 unspecified atom stereocenters. The Balaban J connectivity index is 1.99. The minimum absolute atomic E-state index is 0.0239. The van der Waals surface area contributed by atoms with Crippen molar-refractivity contribution >= 4 is 12.4 Å². The van der Waals surface area contributed by atoms with Gasteiger partial charge in [0.05, 0.1) is 0 Å². The molecule has 2 N–H and O–H groups in total. The van der Waals surface area contributed by atoms with Gasteiger partial charge in [-0.1, -0.05) is 6.07 Å². The van der Waals surface area contributed by atoms with Gasteiger partial charge in [0.1, 0.15) is 0 Å². The number of hydrogen-bond acceptors (Lipinski definition) is 4. The third-order valence-corrected chi connectivity index (χ3v) is 2.93. The molecule has 1 atom stereocenters. The predicted molar refractivity (Wildman–Crippen MR) is 66.1 cm³/mol. The Morgan fingerprint density at radius 3 is 2.95 bits per heavy atom. The first-order chi connectivity index (χ1) is 9.19. The average molecular weight is 265 g/mol. The molecule has 1 heterocycles. The van der Waals surface area contributed by atoms with Gasteiger partial charge in [0.25, 0.3) is 0 Å². The molecule has 1 aliphatic rings. The van der Waals surface area contributed by atoms with E-state index in [2.05, 4.69) is 5.32 Å². The van der Waals surface area contributed by atoms with Crippen molar-refractivity contribution in [2.24, 2.45) is 0 Å². The van der Waals surface area contributed by atoms with E-state index in [0.717, 1.165) is 5.56 Å². The molecular weight excluding hydrogens is 250 g/mol. The Bertz CT molecular complexity index is 474. The van der Waals surface area contributed by atoms with E-state index < -0.39 is 5.97 Å². The van der Waals surface area contributed by atoms with Crippen molar-refractivity contribution in [3.63, 3.8) is 0 Å². The maximum atomic E-state index is 10.6. The largest absolute Gasteiger partial charge is 0.481 e. The van der Waals surface area contributed by atoms with Gasteiger partial charge < -0.3 is 19.9 Å². The molecule has 19 heavy (non-hydrogen) atoms. The molecule has 1 amide bonds. The molecule has 0 radical (unpaired) electrons. The molecule has 0 aliphatic carbocycles. The zero-order valence-corrected chi connectivity index (χ0v) is 10.3. The number of carboxylic acid groups (broad SMARTS) is 1. The first-order valence-corrected chi connectivity index (χ1v) is 5.99. The molecule has 0 bridgehead atoms. The van der Waals surface area contributed by atoms with Gasteiger partial charge in [0.15, 0.2) is 11.5 Å². The molecule has 2 rings (SSSR count). The molecule has 102 valence electrons. The van der Waals surface area contributed by atoms with Crippen LogP contribution in [0.5, 0.6) is 11.5 Å². The van der Waals surface area contributed by atoms with E-state index in [-0.39, 0.29) is 19.3 Å². The van der Waals surface area contributed by atoms with E-state index in [1.165, 1.54) is 0 Å². The Morgan fingerprint density at radius 2 is 2.21 bits per heavy atom. The number of fused-ring (bicyclic) bond motifs is 1. The Labute approximate surface area is 110 Å². The summed E-state index contributed by atoms with van der Waals surface area (Å²) >= 11 is 0. The molecule has 0 spiro atoms. The Hall–Kier alpha value is -2.24. The maximum absolute atomic E-state index is 10.6. The molecule has 0 aromatic heterocycles. The van der Waals surface area contributed by atoms with Crippen LogP contribution < -0.4 is 14.8 Å². The molecule has 1 aromatic carbocycles. The van der Waals surface area contributed by atoms with Gasteiger partial charge >= 0.3 is 5.97 Å². The Kier molecular flexibility index (Phi) is 4.22.